The summed E-state index contributed by atoms with van der Waals surface area (Å²) >= 11 is 0. The van der Waals surface area contributed by atoms with Crippen molar-refractivity contribution in [1.29, 1.82) is 0 Å². The Morgan fingerprint density at radius 1 is 1.09 bits per heavy atom. The molecule has 2 aromatic carbocycles. The van der Waals surface area contributed by atoms with Crippen LogP contribution >= 0.6 is 0 Å². The number of rotatable bonds is 5. The van der Waals surface area contributed by atoms with E-state index in [9.17, 15) is 9.18 Å². The van der Waals surface area contributed by atoms with Crippen molar-refractivity contribution in [3.63, 3.8) is 0 Å². The lowest BCUT2D eigenvalue weighted by atomic mass is 9.91. The highest BCUT2D eigenvalue weighted by molar-refractivity contribution is 6.41. The molecular weight excluding hydrogens is 281 g/mol. The molecule has 0 aliphatic carbocycles. The van der Waals surface area contributed by atoms with Crippen LogP contribution < -0.4 is 0 Å². The van der Waals surface area contributed by atoms with Crippen molar-refractivity contribution >= 4 is 11.5 Å². The van der Waals surface area contributed by atoms with Gasteiger partial charge in [-0.1, -0.05) is 47.6 Å². The molecule has 0 fully saturated rings. The molecular formula is C18H16FNO2. The number of carbonyl (C=O) groups excluding carboxylic acids is 1. The van der Waals surface area contributed by atoms with E-state index in [0.29, 0.717) is 12.3 Å². The summed E-state index contributed by atoms with van der Waals surface area (Å²) < 4.78 is 12.9. The van der Waals surface area contributed by atoms with Crippen molar-refractivity contribution in [3.8, 4) is 0 Å². The van der Waals surface area contributed by atoms with E-state index in [2.05, 4.69) is 5.16 Å². The number of carbonyl (C=O) groups is 1. The Kier molecular flexibility index (Phi) is 4.28. The molecule has 3 rings (SSSR count). The van der Waals surface area contributed by atoms with Crippen molar-refractivity contribution in [2.45, 2.75) is 12.8 Å². The van der Waals surface area contributed by atoms with E-state index in [1.54, 1.807) is 12.1 Å². The molecule has 1 aliphatic heterocycles. The van der Waals surface area contributed by atoms with Gasteiger partial charge in [-0.2, -0.15) is 0 Å². The maximum Gasteiger partial charge on any atom is 0.185 e. The smallest absolute Gasteiger partial charge is 0.185 e. The monoisotopic (exact) mass is 297 g/mol. The van der Waals surface area contributed by atoms with Gasteiger partial charge in [0, 0.05) is 12.3 Å². The van der Waals surface area contributed by atoms with Crippen LogP contribution in [0.2, 0.25) is 0 Å². The molecule has 1 aliphatic rings. The zero-order valence-electron chi connectivity index (χ0n) is 12.0. The summed E-state index contributed by atoms with van der Waals surface area (Å²) in [5, 5.41) is 3.92. The maximum absolute atomic E-state index is 12.9. The lowest BCUT2D eigenvalue weighted by Gasteiger charge is -2.10. The van der Waals surface area contributed by atoms with Gasteiger partial charge in [0.15, 0.2) is 5.78 Å². The zero-order chi connectivity index (χ0) is 15.4. The lowest BCUT2D eigenvalue weighted by molar-refractivity contribution is -0.112. The van der Waals surface area contributed by atoms with E-state index in [-0.39, 0.29) is 23.9 Å². The van der Waals surface area contributed by atoms with Gasteiger partial charge in [0.05, 0.1) is 0 Å². The molecule has 0 saturated heterocycles. The van der Waals surface area contributed by atoms with E-state index in [1.165, 1.54) is 12.1 Å². The van der Waals surface area contributed by atoms with Gasteiger partial charge in [0.1, 0.15) is 18.1 Å². The molecule has 22 heavy (non-hydrogen) atoms. The normalized spacial score (nSPS) is 17.0. The van der Waals surface area contributed by atoms with Crippen LogP contribution in [0.4, 0.5) is 4.39 Å². The third-order valence-corrected chi connectivity index (χ3v) is 3.71. The highest BCUT2D eigenvalue weighted by atomic mass is 19.1. The molecule has 0 amide bonds. The average molecular weight is 297 g/mol. The first-order valence-electron chi connectivity index (χ1n) is 7.24. The Labute approximate surface area is 128 Å². The molecule has 0 spiro atoms. The van der Waals surface area contributed by atoms with Gasteiger partial charge in [-0.25, -0.2) is 4.39 Å². The summed E-state index contributed by atoms with van der Waals surface area (Å²) in [6, 6.07) is 15.9. The summed E-state index contributed by atoms with van der Waals surface area (Å²) in [6.07, 6.45) is 0.947. The second-order valence-electron chi connectivity index (χ2n) is 5.39. The van der Waals surface area contributed by atoms with Gasteiger partial charge >= 0.3 is 0 Å². The standard InChI is InChI=1S/C18H16FNO2/c19-16-8-6-14(7-9-16)11-17(21)18-15(12-22-20-18)10-13-4-2-1-3-5-13/h1-9,15H,10-12H2/t15-/m1/s1. The fourth-order valence-electron chi connectivity index (χ4n) is 2.56. The second-order valence-corrected chi connectivity index (χ2v) is 5.39. The topological polar surface area (TPSA) is 38.7 Å². The summed E-state index contributed by atoms with van der Waals surface area (Å²) in [4.78, 5) is 17.5. The van der Waals surface area contributed by atoms with Crippen LogP contribution in [-0.2, 0) is 22.5 Å². The summed E-state index contributed by atoms with van der Waals surface area (Å²) in [7, 11) is 0. The van der Waals surface area contributed by atoms with Gasteiger partial charge in [-0.05, 0) is 29.7 Å². The number of Topliss-reactive ketones (excluding diaryl/α,β-unsaturated/α-hetero) is 1. The molecule has 2 aromatic rings. The average Bonchev–Trinajstić information content (AvgIpc) is 2.99. The van der Waals surface area contributed by atoms with Crippen LogP contribution in [0.3, 0.4) is 0 Å². The zero-order valence-corrected chi connectivity index (χ0v) is 12.0. The first kappa shape index (κ1) is 14.4. The Bertz CT molecular complexity index is 680. The highest BCUT2D eigenvalue weighted by Gasteiger charge is 2.29. The van der Waals surface area contributed by atoms with Crippen molar-refractivity contribution in [2.75, 3.05) is 6.61 Å². The second kappa shape index (κ2) is 6.52. The quantitative estimate of drug-likeness (QED) is 0.850. The number of benzene rings is 2. The molecule has 0 N–H and O–H groups in total. The minimum Gasteiger partial charge on any atom is -0.395 e. The number of oxime groups is 1. The van der Waals surface area contributed by atoms with Crippen LogP contribution in [-0.4, -0.2) is 18.1 Å². The third kappa shape index (κ3) is 3.39. The fraction of sp³-hybridized carbons (Fsp3) is 0.222. The summed E-state index contributed by atoms with van der Waals surface area (Å²) in [5.74, 6) is -0.389. The molecule has 3 nitrogen and oxygen atoms in total. The van der Waals surface area contributed by atoms with E-state index in [4.69, 9.17) is 4.84 Å². The molecule has 0 bridgehead atoms. The molecule has 0 radical (unpaired) electrons. The van der Waals surface area contributed by atoms with Crippen LogP contribution in [0.15, 0.2) is 59.8 Å². The largest absolute Gasteiger partial charge is 0.395 e. The SMILES string of the molecule is O=C(Cc1ccc(F)cc1)C1=NOC[C@H]1Cc1ccccc1. The molecule has 1 heterocycles. The molecule has 112 valence electrons. The summed E-state index contributed by atoms with van der Waals surface area (Å²) in [5.41, 5.74) is 2.41. The highest BCUT2D eigenvalue weighted by Crippen LogP contribution is 2.18. The van der Waals surface area contributed by atoms with Crippen LogP contribution in [0.5, 0.6) is 0 Å². The Morgan fingerprint density at radius 3 is 2.55 bits per heavy atom. The molecule has 0 unspecified atom stereocenters. The number of ketones is 1. The van der Waals surface area contributed by atoms with Gasteiger partial charge in [-0.3, -0.25) is 4.79 Å². The van der Waals surface area contributed by atoms with Gasteiger partial charge in [0.25, 0.3) is 0 Å². The number of halogens is 1. The molecule has 0 saturated carbocycles. The lowest BCUT2D eigenvalue weighted by Crippen LogP contribution is -2.25. The first-order chi connectivity index (χ1) is 10.7. The van der Waals surface area contributed by atoms with Gasteiger partial charge in [0.2, 0.25) is 0 Å². The number of nitrogens with zero attached hydrogens (tertiary/aromatic N) is 1. The fourth-order valence-corrected chi connectivity index (χ4v) is 2.56. The minimum absolute atomic E-state index is 0.0182. The predicted octanol–water partition coefficient (Wildman–Crippen LogP) is 3.18. The van der Waals surface area contributed by atoms with Crippen LogP contribution in [0.1, 0.15) is 11.1 Å². The van der Waals surface area contributed by atoms with E-state index >= 15 is 0 Å². The summed E-state index contributed by atoms with van der Waals surface area (Å²) in [6.45, 7) is 0.430. The van der Waals surface area contributed by atoms with Crippen LogP contribution in [0.25, 0.3) is 0 Å². The minimum atomic E-state index is -0.306. The number of hydrogen-bond acceptors (Lipinski definition) is 3. The van der Waals surface area contributed by atoms with Gasteiger partial charge in [-0.15, -0.1) is 0 Å². The first-order valence-corrected chi connectivity index (χ1v) is 7.24. The number of hydrogen-bond donors (Lipinski definition) is 0. The third-order valence-electron chi connectivity index (χ3n) is 3.71. The van der Waals surface area contributed by atoms with E-state index in [0.717, 1.165) is 17.5 Å². The Balaban J connectivity index is 1.67. The molecule has 4 heteroatoms. The Morgan fingerprint density at radius 2 is 1.82 bits per heavy atom. The van der Waals surface area contributed by atoms with Crippen molar-refractivity contribution in [2.24, 2.45) is 11.1 Å². The molecule has 0 aromatic heterocycles. The van der Waals surface area contributed by atoms with Gasteiger partial charge < -0.3 is 4.84 Å². The molecule has 1 atom stereocenters. The van der Waals surface area contributed by atoms with E-state index in [1.807, 2.05) is 30.3 Å². The van der Waals surface area contributed by atoms with Crippen LogP contribution in [0, 0.1) is 11.7 Å². The predicted molar refractivity (Wildman–Crippen MR) is 82.1 cm³/mol. The van der Waals surface area contributed by atoms with Crippen molar-refractivity contribution in [3.05, 3.63) is 71.5 Å². The maximum atomic E-state index is 12.9. The van der Waals surface area contributed by atoms with Crippen molar-refractivity contribution in [1.82, 2.24) is 0 Å². The Hall–Kier alpha value is -2.49. The van der Waals surface area contributed by atoms with E-state index < -0.39 is 0 Å². The van der Waals surface area contributed by atoms with Crippen molar-refractivity contribution < 1.29 is 14.0 Å².